The monoisotopic (exact) mass is 215 g/mol. The van der Waals surface area contributed by atoms with Crippen LogP contribution in [0.3, 0.4) is 0 Å². The second-order valence-corrected chi connectivity index (χ2v) is 4.39. The van der Waals surface area contributed by atoms with Gasteiger partial charge in [0.1, 0.15) is 0 Å². The molecule has 88 valence electrons. The second-order valence-electron chi connectivity index (χ2n) is 4.39. The van der Waals surface area contributed by atoms with Crippen molar-refractivity contribution >= 4 is 5.97 Å². The van der Waals surface area contributed by atoms with Gasteiger partial charge in [0.2, 0.25) is 0 Å². The molecule has 1 rings (SSSR count). The van der Waals surface area contributed by atoms with Crippen molar-refractivity contribution < 1.29 is 15.0 Å². The Hall–Kier alpha value is -0.610. The summed E-state index contributed by atoms with van der Waals surface area (Å²) in [6.45, 7) is 1.85. The molecule has 0 spiro atoms. The molecule has 0 saturated heterocycles. The Kier molecular flexibility index (Phi) is 5.65. The molecular weight excluding hydrogens is 194 g/mol. The maximum atomic E-state index is 10.2. The summed E-state index contributed by atoms with van der Waals surface area (Å²) in [5.74, 6) is -0.103. The molecule has 0 bridgehead atoms. The van der Waals surface area contributed by atoms with Crippen molar-refractivity contribution in [3.8, 4) is 0 Å². The lowest BCUT2D eigenvalue weighted by Crippen LogP contribution is -2.23. The van der Waals surface area contributed by atoms with Crippen molar-refractivity contribution in [2.45, 2.75) is 44.6 Å². The first-order chi connectivity index (χ1) is 7.18. The predicted molar refractivity (Wildman–Crippen MR) is 57.7 cm³/mol. The molecule has 4 heteroatoms. The van der Waals surface area contributed by atoms with E-state index in [0.29, 0.717) is 5.92 Å². The van der Waals surface area contributed by atoms with Crippen molar-refractivity contribution in [2.24, 2.45) is 5.92 Å². The lowest BCUT2D eigenvalue weighted by atomic mass is 10.1. The van der Waals surface area contributed by atoms with Crippen molar-refractivity contribution in [3.63, 3.8) is 0 Å². The average Bonchev–Trinajstić information content (AvgIpc) is 2.57. The minimum Gasteiger partial charge on any atom is -0.481 e. The maximum Gasteiger partial charge on any atom is 0.303 e. The first-order valence-corrected chi connectivity index (χ1v) is 5.79. The number of aliphatic hydroxyl groups excluding tert-OH is 1. The number of rotatable bonds is 7. The van der Waals surface area contributed by atoms with E-state index in [1.807, 2.05) is 0 Å². The Morgan fingerprint density at radius 2 is 2.13 bits per heavy atom. The molecule has 0 heterocycles. The largest absolute Gasteiger partial charge is 0.481 e. The molecule has 2 atom stereocenters. The zero-order valence-corrected chi connectivity index (χ0v) is 9.11. The van der Waals surface area contributed by atoms with Gasteiger partial charge in [-0.15, -0.1) is 0 Å². The van der Waals surface area contributed by atoms with Crippen LogP contribution in [-0.4, -0.2) is 35.4 Å². The van der Waals surface area contributed by atoms with E-state index in [1.54, 1.807) is 0 Å². The highest BCUT2D eigenvalue weighted by molar-refractivity contribution is 5.66. The van der Waals surface area contributed by atoms with Gasteiger partial charge < -0.3 is 15.5 Å². The zero-order chi connectivity index (χ0) is 11.1. The van der Waals surface area contributed by atoms with Crippen LogP contribution < -0.4 is 5.32 Å². The van der Waals surface area contributed by atoms with E-state index in [1.165, 1.54) is 0 Å². The molecule has 4 nitrogen and oxygen atoms in total. The number of unbranched alkanes of at least 4 members (excludes halogenated alkanes) is 1. The topological polar surface area (TPSA) is 69.6 Å². The summed E-state index contributed by atoms with van der Waals surface area (Å²) >= 11 is 0. The van der Waals surface area contributed by atoms with E-state index in [-0.39, 0.29) is 12.5 Å². The van der Waals surface area contributed by atoms with E-state index >= 15 is 0 Å². The Morgan fingerprint density at radius 3 is 2.73 bits per heavy atom. The highest BCUT2D eigenvalue weighted by Crippen LogP contribution is 2.24. The number of carboxylic acid groups (broad SMARTS) is 1. The number of nitrogens with one attached hydrogen (secondary N) is 1. The molecule has 1 saturated carbocycles. The number of hydrogen-bond acceptors (Lipinski definition) is 3. The second kappa shape index (κ2) is 6.80. The van der Waals surface area contributed by atoms with Gasteiger partial charge in [0, 0.05) is 6.42 Å². The Bertz CT molecular complexity index is 196. The van der Waals surface area contributed by atoms with E-state index in [4.69, 9.17) is 5.11 Å². The predicted octanol–water partition coefficient (Wildman–Crippen LogP) is 0.992. The van der Waals surface area contributed by atoms with Gasteiger partial charge in [0.05, 0.1) is 6.10 Å². The van der Waals surface area contributed by atoms with Crippen LogP contribution in [0.15, 0.2) is 0 Å². The van der Waals surface area contributed by atoms with Crippen LogP contribution >= 0.6 is 0 Å². The lowest BCUT2D eigenvalue weighted by molar-refractivity contribution is -0.137. The number of aliphatic hydroxyl groups is 1. The number of carbonyl (C=O) groups is 1. The molecule has 2 unspecified atom stereocenters. The van der Waals surface area contributed by atoms with Gasteiger partial charge in [-0.1, -0.05) is 0 Å². The van der Waals surface area contributed by atoms with Crippen molar-refractivity contribution in [1.29, 1.82) is 0 Å². The molecule has 0 aromatic carbocycles. The normalized spacial score (nSPS) is 25.7. The van der Waals surface area contributed by atoms with Crippen LogP contribution in [0.1, 0.15) is 38.5 Å². The van der Waals surface area contributed by atoms with Gasteiger partial charge in [0.25, 0.3) is 0 Å². The highest BCUT2D eigenvalue weighted by Gasteiger charge is 2.21. The van der Waals surface area contributed by atoms with Crippen molar-refractivity contribution in [3.05, 3.63) is 0 Å². The summed E-state index contributed by atoms with van der Waals surface area (Å²) in [4.78, 5) is 10.2. The molecule has 0 aliphatic heterocycles. The minimum atomic E-state index is -0.714. The maximum absolute atomic E-state index is 10.2. The molecular formula is C11H21NO3. The fourth-order valence-electron chi connectivity index (χ4n) is 2.07. The van der Waals surface area contributed by atoms with E-state index in [0.717, 1.165) is 45.2 Å². The summed E-state index contributed by atoms with van der Waals surface area (Å²) in [5, 5.41) is 21.0. The summed E-state index contributed by atoms with van der Waals surface area (Å²) in [7, 11) is 0. The molecule has 1 aliphatic rings. The fourth-order valence-corrected chi connectivity index (χ4v) is 2.07. The van der Waals surface area contributed by atoms with E-state index in [2.05, 4.69) is 5.32 Å². The summed E-state index contributed by atoms with van der Waals surface area (Å²) in [5.41, 5.74) is 0. The smallest absolute Gasteiger partial charge is 0.303 e. The van der Waals surface area contributed by atoms with Crippen LogP contribution in [0.5, 0.6) is 0 Å². The van der Waals surface area contributed by atoms with Gasteiger partial charge in [-0.05, 0) is 51.1 Å². The van der Waals surface area contributed by atoms with E-state index < -0.39 is 5.97 Å². The Labute approximate surface area is 90.7 Å². The first-order valence-electron chi connectivity index (χ1n) is 5.79. The minimum absolute atomic E-state index is 0.0937. The number of aliphatic carboxylic acids is 1. The van der Waals surface area contributed by atoms with Gasteiger partial charge in [-0.25, -0.2) is 0 Å². The SMILES string of the molecule is O=C(O)CCCCNCC1CCC(O)C1. The highest BCUT2D eigenvalue weighted by atomic mass is 16.4. The molecule has 0 amide bonds. The van der Waals surface area contributed by atoms with Gasteiger partial charge in [-0.3, -0.25) is 4.79 Å². The lowest BCUT2D eigenvalue weighted by Gasteiger charge is -2.10. The van der Waals surface area contributed by atoms with Crippen LogP contribution in [0.4, 0.5) is 0 Å². The third kappa shape index (κ3) is 5.74. The summed E-state index contributed by atoms with van der Waals surface area (Å²) in [6, 6.07) is 0. The van der Waals surface area contributed by atoms with Crippen LogP contribution in [0, 0.1) is 5.92 Å². The van der Waals surface area contributed by atoms with Crippen LogP contribution in [-0.2, 0) is 4.79 Å². The summed E-state index contributed by atoms with van der Waals surface area (Å²) < 4.78 is 0. The Balaban J connectivity index is 1.87. The first kappa shape index (κ1) is 12.5. The van der Waals surface area contributed by atoms with Crippen molar-refractivity contribution in [2.75, 3.05) is 13.1 Å². The molecule has 0 aromatic rings. The third-order valence-electron chi connectivity index (χ3n) is 2.94. The Morgan fingerprint density at radius 1 is 1.33 bits per heavy atom. The van der Waals surface area contributed by atoms with E-state index in [9.17, 15) is 9.90 Å². The van der Waals surface area contributed by atoms with Gasteiger partial charge in [-0.2, -0.15) is 0 Å². The molecule has 3 N–H and O–H groups in total. The van der Waals surface area contributed by atoms with Gasteiger partial charge >= 0.3 is 5.97 Å². The zero-order valence-electron chi connectivity index (χ0n) is 9.11. The van der Waals surface area contributed by atoms with Crippen molar-refractivity contribution in [1.82, 2.24) is 5.32 Å². The van der Waals surface area contributed by atoms with Crippen LogP contribution in [0.2, 0.25) is 0 Å². The molecule has 1 fully saturated rings. The standard InChI is InChI=1S/C11H21NO3/c13-10-5-4-9(7-10)8-12-6-2-1-3-11(14)15/h9-10,12-13H,1-8H2,(H,14,15). The van der Waals surface area contributed by atoms with Crippen LogP contribution in [0.25, 0.3) is 0 Å². The third-order valence-corrected chi connectivity index (χ3v) is 2.94. The molecule has 1 aliphatic carbocycles. The molecule has 0 aromatic heterocycles. The quantitative estimate of drug-likeness (QED) is 0.554. The van der Waals surface area contributed by atoms with Gasteiger partial charge in [0.15, 0.2) is 0 Å². The molecule has 0 radical (unpaired) electrons. The average molecular weight is 215 g/mol. The number of carboxylic acids is 1. The fraction of sp³-hybridized carbons (Fsp3) is 0.909. The molecule has 15 heavy (non-hydrogen) atoms. The summed E-state index contributed by atoms with van der Waals surface area (Å²) in [6.07, 6.45) is 4.81. The number of hydrogen-bond donors (Lipinski definition) is 3.